The molecule has 8 heteroatoms. The number of hydrogen-bond donors (Lipinski definition) is 2. The standard InChI is InChI=1S/C26H26N4O4/c1-15-23-19(17-8-2-4-10-20(17)28-23)13-22-25(32)30(26(33)29(15)22)21-11-5-3-9-18(21)24(31)27-14-16-7-6-12-34-16/h2-5,8-11,15-16,22,28H,6-7,12-14H2,1H3,(H,27,31)/t15?,16?,22-/m0/s1. The van der Waals surface area contributed by atoms with E-state index in [-0.39, 0.29) is 24.0 Å². The molecule has 6 rings (SSSR count). The number of anilines is 1. The van der Waals surface area contributed by atoms with Crippen molar-refractivity contribution in [3.8, 4) is 0 Å². The Morgan fingerprint density at radius 3 is 2.76 bits per heavy atom. The lowest BCUT2D eigenvalue weighted by Crippen LogP contribution is -2.42. The van der Waals surface area contributed by atoms with Crippen LogP contribution < -0.4 is 10.2 Å². The molecule has 3 aromatic rings. The molecule has 4 amide bonds. The second-order valence-electron chi connectivity index (χ2n) is 9.18. The summed E-state index contributed by atoms with van der Waals surface area (Å²) < 4.78 is 5.59. The second kappa shape index (κ2) is 7.99. The Hall–Kier alpha value is -3.65. The van der Waals surface area contributed by atoms with E-state index in [4.69, 9.17) is 4.74 Å². The van der Waals surface area contributed by atoms with Crippen molar-refractivity contribution in [3.05, 3.63) is 65.4 Å². The third-order valence-corrected chi connectivity index (χ3v) is 7.24. The van der Waals surface area contributed by atoms with Crippen molar-refractivity contribution in [2.75, 3.05) is 18.1 Å². The number of aromatic amines is 1. The summed E-state index contributed by atoms with van der Waals surface area (Å²) in [6.45, 7) is 3.05. The Bertz CT molecular complexity index is 1310. The predicted octanol–water partition coefficient (Wildman–Crippen LogP) is 3.53. The van der Waals surface area contributed by atoms with E-state index in [1.807, 2.05) is 31.2 Å². The van der Waals surface area contributed by atoms with Gasteiger partial charge in [0.05, 0.1) is 23.4 Å². The predicted molar refractivity (Wildman–Crippen MR) is 127 cm³/mol. The Morgan fingerprint density at radius 2 is 1.94 bits per heavy atom. The van der Waals surface area contributed by atoms with Crippen LogP contribution in [-0.4, -0.2) is 53.0 Å². The molecule has 3 aliphatic heterocycles. The first-order valence-corrected chi connectivity index (χ1v) is 11.8. The molecule has 2 fully saturated rings. The summed E-state index contributed by atoms with van der Waals surface area (Å²) in [7, 11) is 0. The molecular formula is C26H26N4O4. The lowest BCUT2D eigenvalue weighted by atomic mass is 9.93. The van der Waals surface area contributed by atoms with Gasteiger partial charge in [-0.2, -0.15) is 0 Å². The van der Waals surface area contributed by atoms with Crippen molar-refractivity contribution in [1.29, 1.82) is 0 Å². The van der Waals surface area contributed by atoms with Crippen LogP contribution in [0.25, 0.3) is 10.9 Å². The van der Waals surface area contributed by atoms with Crippen LogP contribution in [0.3, 0.4) is 0 Å². The number of amides is 4. The van der Waals surface area contributed by atoms with Crippen LogP contribution in [0.15, 0.2) is 48.5 Å². The first-order chi connectivity index (χ1) is 16.5. The van der Waals surface area contributed by atoms with Gasteiger partial charge in [0, 0.05) is 36.2 Å². The van der Waals surface area contributed by atoms with Gasteiger partial charge in [-0.3, -0.25) is 9.59 Å². The summed E-state index contributed by atoms with van der Waals surface area (Å²) in [6.07, 6.45) is 2.34. The summed E-state index contributed by atoms with van der Waals surface area (Å²) in [5.74, 6) is -0.618. The largest absolute Gasteiger partial charge is 0.376 e. The number of para-hydroxylation sites is 2. The maximum absolute atomic E-state index is 13.6. The van der Waals surface area contributed by atoms with Crippen LogP contribution in [-0.2, 0) is 16.0 Å². The van der Waals surface area contributed by atoms with E-state index in [1.54, 1.807) is 29.2 Å². The number of urea groups is 1. The number of hydrogen-bond acceptors (Lipinski definition) is 4. The maximum Gasteiger partial charge on any atom is 0.332 e. The number of ether oxygens (including phenoxy) is 1. The van der Waals surface area contributed by atoms with E-state index < -0.39 is 12.1 Å². The van der Waals surface area contributed by atoms with Crippen LogP contribution in [0.1, 0.15) is 47.4 Å². The Balaban J connectivity index is 1.31. The molecule has 0 spiro atoms. The molecule has 2 unspecified atom stereocenters. The second-order valence-corrected chi connectivity index (χ2v) is 9.18. The number of carbonyl (C=O) groups excluding carboxylic acids is 3. The highest BCUT2D eigenvalue weighted by Crippen LogP contribution is 2.42. The summed E-state index contributed by atoms with van der Waals surface area (Å²) >= 11 is 0. The number of imide groups is 1. The number of benzene rings is 2. The highest BCUT2D eigenvalue weighted by molar-refractivity contribution is 6.24. The Morgan fingerprint density at radius 1 is 1.15 bits per heavy atom. The van der Waals surface area contributed by atoms with Gasteiger partial charge in [-0.25, -0.2) is 9.69 Å². The average Bonchev–Trinajstić information content (AvgIpc) is 3.56. The molecule has 4 heterocycles. The van der Waals surface area contributed by atoms with Gasteiger partial charge >= 0.3 is 6.03 Å². The average molecular weight is 459 g/mol. The van der Waals surface area contributed by atoms with Crippen LogP contribution in [0.2, 0.25) is 0 Å². The molecule has 2 N–H and O–H groups in total. The third kappa shape index (κ3) is 3.13. The molecule has 2 saturated heterocycles. The van der Waals surface area contributed by atoms with E-state index >= 15 is 0 Å². The first kappa shape index (κ1) is 20.9. The molecule has 0 aliphatic carbocycles. The molecule has 2 aromatic carbocycles. The van der Waals surface area contributed by atoms with Crippen molar-refractivity contribution in [2.24, 2.45) is 0 Å². The molecule has 3 aliphatic rings. The van der Waals surface area contributed by atoms with E-state index in [0.29, 0.717) is 30.8 Å². The number of H-pyrrole nitrogens is 1. The van der Waals surface area contributed by atoms with Gasteiger partial charge in [0.1, 0.15) is 6.04 Å². The van der Waals surface area contributed by atoms with Gasteiger partial charge in [0.2, 0.25) is 0 Å². The van der Waals surface area contributed by atoms with Gasteiger partial charge in [-0.05, 0) is 43.5 Å². The van der Waals surface area contributed by atoms with Crippen molar-refractivity contribution >= 4 is 34.4 Å². The quantitative estimate of drug-likeness (QED) is 0.585. The van der Waals surface area contributed by atoms with Gasteiger partial charge in [0.15, 0.2) is 0 Å². The number of rotatable bonds is 4. The maximum atomic E-state index is 13.6. The zero-order chi connectivity index (χ0) is 23.4. The third-order valence-electron chi connectivity index (χ3n) is 7.24. The minimum absolute atomic E-state index is 0.00447. The Labute approximate surface area is 196 Å². The van der Waals surface area contributed by atoms with Gasteiger partial charge in [0.25, 0.3) is 11.8 Å². The van der Waals surface area contributed by atoms with E-state index in [0.717, 1.165) is 35.0 Å². The summed E-state index contributed by atoms with van der Waals surface area (Å²) in [4.78, 5) is 46.5. The fraction of sp³-hybridized carbons (Fsp3) is 0.346. The molecule has 0 saturated carbocycles. The van der Waals surface area contributed by atoms with Crippen molar-refractivity contribution in [3.63, 3.8) is 0 Å². The molecule has 174 valence electrons. The minimum Gasteiger partial charge on any atom is -0.376 e. The number of fused-ring (bicyclic) bond motifs is 4. The number of carbonyl (C=O) groups is 3. The summed E-state index contributed by atoms with van der Waals surface area (Å²) in [5.41, 5.74) is 3.67. The SMILES string of the molecule is CC1c2[nH]c3ccccc3c2C[C@H]2C(=O)N(c3ccccc3C(=O)NCC3CCCO3)C(=O)N12. The minimum atomic E-state index is -0.600. The topological polar surface area (TPSA) is 94.7 Å². The monoisotopic (exact) mass is 458 g/mol. The van der Waals surface area contributed by atoms with Gasteiger partial charge in [-0.1, -0.05) is 30.3 Å². The zero-order valence-electron chi connectivity index (χ0n) is 18.9. The van der Waals surface area contributed by atoms with Crippen LogP contribution in [0.4, 0.5) is 10.5 Å². The number of nitrogens with zero attached hydrogens (tertiary/aromatic N) is 2. The summed E-state index contributed by atoms with van der Waals surface area (Å²) in [5, 5.41) is 3.98. The van der Waals surface area contributed by atoms with Crippen LogP contribution in [0, 0.1) is 0 Å². The van der Waals surface area contributed by atoms with E-state index in [2.05, 4.69) is 10.3 Å². The highest BCUT2D eigenvalue weighted by Gasteiger charge is 2.52. The zero-order valence-corrected chi connectivity index (χ0v) is 18.9. The fourth-order valence-corrected chi connectivity index (χ4v) is 5.55. The molecule has 8 nitrogen and oxygen atoms in total. The van der Waals surface area contributed by atoms with Crippen molar-refractivity contribution < 1.29 is 19.1 Å². The molecule has 34 heavy (non-hydrogen) atoms. The molecular weight excluding hydrogens is 432 g/mol. The molecule has 3 atom stereocenters. The first-order valence-electron chi connectivity index (χ1n) is 11.8. The van der Waals surface area contributed by atoms with Crippen molar-refractivity contribution in [1.82, 2.24) is 15.2 Å². The van der Waals surface area contributed by atoms with Gasteiger partial charge in [-0.15, -0.1) is 0 Å². The fourth-order valence-electron chi connectivity index (χ4n) is 5.55. The highest BCUT2D eigenvalue weighted by atomic mass is 16.5. The lowest BCUT2D eigenvalue weighted by Gasteiger charge is -2.33. The smallest absolute Gasteiger partial charge is 0.332 e. The lowest BCUT2D eigenvalue weighted by molar-refractivity contribution is -0.120. The van der Waals surface area contributed by atoms with Crippen LogP contribution >= 0.6 is 0 Å². The number of nitrogens with one attached hydrogen (secondary N) is 2. The summed E-state index contributed by atoms with van der Waals surface area (Å²) in [6, 6.07) is 13.5. The number of aromatic nitrogens is 1. The molecule has 1 aromatic heterocycles. The van der Waals surface area contributed by atoms with Gasteiger partial charge < -0.3 is 19.9 Å². The van der Waals surface area contributed by atoms with Crippen LogP contribution in [0.5, 0.6) is 0 Å². The van der Waals surface area contributed by atoms with E-state index in [1.165, 1.54) is 4.90 Å². The Kier molecular flexibility index (Phi) is 4.91. The van der Waals surface area contributed by atoms with E-state index in [9.17, 15) is 14.4 Å². The molecule has 0 bridgehead atoms. The van der Waals surface area contributed by atoms with Crippen molar-refractivity contribution in [2.45, 2.75) is 44.4 Å². The molecule has 0 radical (unpaired) electrons. The normalized spacial score (nSPS) is 24.0.